The van der Waals surface area contributed by atoms with Crippen molar-refractivity contribution in [1.82, 2.24) is 4.98 Å². The Kier molecular flexibility index (Phi) is 7.26. The second-order valence-corrected chi connectivity index (χ2v) is 9.08. The van der Waals surface area contributed by atoms with Crippen LogP contribution >= 0.6 is 15.9 Å². The van der Waals surface area contributed by atoms with Gasteiger partial charge >= 0.3 is 11.4 Å². The lowest BCUT2D eigenvalue weighted by Gasteiger charge is -2.04. The molecule has 1 aromatic heterocycles. The molecule has 0 bridgehead atoms. The number of halogens is 1. The molecule has 1 heterocycles. The highest BCUT2D eigenvalue weighted by Crippen LogP contribution is 2.44. The van der Waals surface area contributed by atoms with Crippen LogP contribution in [0.3, 0.4) is 0 Å². The van der Waals surface area contributed by atoms with Crippen LogP contribution in [0, 0.1) is 37.3 Å². The van der Waals surface area contributed by atoms with Crippen molar-refractivity contribution in [2.24, 2.45) is 0 Å². The third-order valence-electron chi connectivity index (χ3n) is 5.66. The predicted molar refractivity (Wildman–Crippen MR) is 144 cm³/mol. The second-order valence-electron chi connectivity index (χ2n) is 8.16. The van der Waals surface area contributed by atoms with Crippen molar-refractivity contribution in [2.45, 2.75) is 6.92 Å². The molecule has 11 nitrogen and oxygen atoms in total. The molecule has 0 fully saturated rings. The highest BCUT2D eigenvalue weighted by atomic mass is 79.9. The summed E-state index contributed by atoms with van der Waals surface area (Å²) in [4.78, 5) is 32.4. The molecule has 4 aromatic rings. The van der Waals surface area contributed by atoms with E-state index in [2.05, 4.69) is 82.4 Å². The zero-order valence-corrected chi connectivity index (χ0v) is 21.2. The standard InChI is InChI=1S/C20H14BrN.C6H3N3O7/c1-13-4-9-17-18(11-13)19(16-3-2-10-22-20(16)17)12-14-5-7-15(21)8-6-14;10-6-4(8(13)14)1-3(7(11)12)2-5(6)9(15)16/h2-12H,1H3;1-2,10H. The number of pyridine rings is 1. The van der Waals surface area contributed by atoms with Gasteiger partial charge < -0.3 is 5.11 Å². The smallest absolute Gasteiger partial charge is 0.324 e. The summed E-state index contributed by atoms with van der Waals surface area (Å²) in [5.74, 6) is -1.21. The van der Waals surface area contributed by atoms with Crippen LogP contribution in [0.15, 0.2) is 77.4 Å². The van der Waals surface area contributed by atoms with Crippen molar-refractivity contribution in [3.05, 3.63) is 130 Å². The molecule has 1 aliphatic rings. The molecular formula is C26H17BrN4O7. The van der Waals surface area contributed by atoms with Gasteiger partial charge in [0.2, 0.25) is 0 Å². The number of phenolic OH excluding ortho intramolecular Hbond substituents is 1. The van der Waals surface area contributed by atoms with Gasteiger partial charge in [0.15, 0.2) is 0 Å². The van der Waals surface area contributed by atoms with Crippen LogP contribution < -0.4 is 0 Å². The van der Waals surface area contributed by atoms with Crippen LogP contribution in [0.2, 0.25) is 0 Å². The van der Waals surface area contributed by atoms with Crippen molar-refractivity contribution in [2.75, 3.05) is 0 Å². The van der Waals surface area contributed by atoms with Crippen LogP contribution in [0.1, 0.15) is 22.3 Å². The third-order valence-corrected chi connectivity index (χ3v) is 6.19. The van der Waals surface area contributed by atoms with E-state index in [4.69, 9.17) is 5.11 Å². The van der Waals surface area contributed by atoms with Crippen molar-refractivity contribution >= 4 is 44.6 Å². The van der Waals surface area contributed by atoms with E-state index in [1.807, 2.05) is 12.3 Å². The summed E-state index contributed by atoms with van der Waals surface area (Å²) >= 11 is 3.49. The van der Waals surface area contributed by atoms with E-state index in [1.165, 1.54) is 33.4 Å². The van der Waals surface area contributed by atoms with Crippen LogP contribution in [-0.4, -0.2) is 24.9 Å². The van der Waals surface area contributed by atoms with Crippen LogP contribution in [-0.2, 0) is 0 Å². The maximum Gasteiger partial charge on any atom is 0.324 e. The average molecular weight is 577 g/mol. The van der Waals surface area contributed by atoms with Crippen molar-refractivity contribution < 1.29 is 19.9 Å². The van der Waals surface area contributed by atoms with E-state index in [0.29, 0.717) is 12.1 Å². The zero-order valence-electron chi connectivity index (χ0n) is 19.6. The van der Waals surface area contributed by atoms with Gasteiger partial charge in [-0.1, -0.05) is 57.9 Å². The molecule has 5 rings (SSSR count). The number of aryl methyl sites for hydroxylation is 1. The fourth-order valence-corrected chi connectivity index (χ4v) is 4.19. The van der Waals surface area contributed by atoms with Crippen molar-refractivity contribution in [3.63, 3.8) is 0 Å². The van der Waals surface area contributed by atoms with Gasteiger partial charge in [0.05, 0.1) is 32.6 Å². The first kappa shape index (κ1) is 26.1. The Morgan fingerprint density at radius 3 is 2.03 bits per heavy atom. The molecule has 190 valence electrons. The first-order chi connectivity index (χ1) is 18.1. The van der Waals surface area contributed by atoms with E-state index in [1.54, 1.807) is 0 Å². The number of nitro benzene ring substituents is 3. The number of phenols is 1. The maximum absolute atomic E-state index is 10.4. The topological polar surface area (TPSA) is 163 Å². The molecular weight excluding hydrogens is 560 g/mol. The lowest BCUT2D eigenvalue weighted by Crippen LogP contribution is -1.97. The van der Waals surface area contributed by atoms with Crippen molar-refractivity contribution in [3.8, 4) is 17.0 Å². The molecule has 0 atom stereocenters. The van der Waals surface area contributed by atoms with Gasteiger partial charge in [-0.2, -0.15) is 0 Å². The predicted octanol–water partition coefficient (Wildman–Crippen LogP) is 6.84. The number of non-ortho nitro benzene ring substituents is 1. The van der Waals surface area contributed by atoms with Gasteiger partial charge in [-0.25, -0.2) is 0 Å². The fraction of sp³-hybridized carbons (Fsp3) is 0.0385. The number of fused-ring (bicyclic) bond motifs is 3. The van der Waals surface area contributed by atoms with Crippen LogP contribution in [0.25, 0.3) is 22.9 Å². The van der Waals surface area contributed by atoms with E-state index < -0.39 is 37.6 Å². The Morgan fingerprint density at radius 2 is 1.45 bits per heavy atom. The van der Waals surface area contributed by atoms with Gasteiger partial charge in [0, 0.05) is 21.8 Å². The zero-order chi connectivity index (χ0) is 27.6. The number of benzene rings is 3. The minimum absolute atomic E-state index is 0.447. The summed E-state index contributed by atoms with van der Waals surface area (Å²) in [5.41, 5.74) is 5.52. The Labute approximate surface area is 223 Å². The summed E-state index contributed by atoms with van der Waals surface area (Å²) in [6, 6.07) is 20.0. The molecule has 38 heavy (non-hydrogen) atoms. The highest BCUT2D eigenvalue weighted by molar-refractivity contribution is 9.10. The number of rotatable bonds is 4. The highest BCUT2D eigenvalue weighted by Gasteiger charge is 2.30. The number of nitrogens with zero attached hydrogens (tertiary/aromatic N) is 4. The van der Waals surface area contributed by atoms with Crippen LogP contribution in [0.5, 0.6) is 5.75 Å². The maximum atomic E-state index is 10.4. The summed E-state index contributed by atoms with van der Waals surface area (Å²) in [7, 11) is 0. The molecule has 1 N–H and O–H groups in total. The quantitative estimate of drug-likeness (QED) is 0.179. The Hall–Kier alpha value is -4.97. The van der Waals surface area contributed by atoms with Gasteiger partial charge in [0.25, 0.3) is 11.4 Å². The van der Waals surface area contributed by atoms with Crippen LogP contribution in [0.4, 0.5) is 17.1 Å². The molecule has 0 radical (unpaired) electrons. The van der Waals surface area contributed by atoms with Gasteiger partial charge in [0.1, 0.15) is 0 Å². The molecule has 0 amide bonds. The SMILES string of the molecule is Cc1ccc2c(c1)C(=Cc1ccc(Br)cc1)c1cccnc1-2.O=[N+]([O-])c1cc([N+](=O)[O-])c(O)c([N+](=O)[O-])c1. The molecule has 0 aliphatic heterocycles. The van der Waals surface area contributed by atoms with Gasteiger partial charge in [-0.3, -0.25) is 35.3 Å². The van der Waals surface area contributed by atoms with Gasteiger partial charge in [-0.15, -0.1) is 0 Å². The number of aromatic hydroxyl groups is 1. The molecule has 0 saturated heterocycles. The van der Waals surface area contributed by atoms with E-state index in [0.717, 1.165) is 10.2 Å². The molecule has 0 spiro atoms. The average Bonchev–Trinajstić information content (AvgIpc) is 3.18. The number of hydrogen-bond acceptors (Lipinski definition) is 8. The molecule has 0 unspecified atom stereocenters. The molecule has 3 aromatic carbocycles. The number of hydrogen-bond donors (Lipinski definition) is 1. The Balaban J connectivity index is 0.000000188. The summed E-state index contributed by atoms with van der Waals surface area (Å²) in [5, 5.41) is 40.2. The van der Waals surface area contributed by atoms with E-state index in [-0.39, 0.29) is 0 Å². The molecule has 1 aliphatic carbocycles. The number of nitro groups is 3. The summed E-state index contributed by atoms with van der Waals surface area (Å²) < 4.78 is 1.10. The van der Waals surface area contributed by atoms with Gasteiger partial charge in [-0.05, 0) is 47.9 Å². The minimum atomic E-state index is -1.21. The summed E-state index contributed by atoms with van der Waals surface area (Å²) in [6.07, 6.45) is 4.11. The minimum Gasteiger partial charge on any atom is -0.497 e. The third kappa shape index (κ3) is 5.25. The monoisotopic (exact) mass is 576 g/mol. The lowest BCUT2D eigenvalue weighted by molar-refractivity contribution is -0.404. The molecule has 0 saturated carbocycles. The number of aromatic nitrogens is 1. The molecule has 12 heteroatoms. The van der Waals surface area contributed by atoms with E-state index in [9.17, 15) is 30.3 Å². The largest absolute Gasteiger partial charge is 0.497 e. The first-order valence-electron chi connectivity index (χ1n) is 10.9. The second kappa shape index (κ2) is 10.6. The Bertz CT molecular complexity index is 1600. The first-order valence-corrected chi connectivity index (χ1v) is 11.7. The Morgan fingerprint density at radius 1 is 0.816 bits per heavy atom. The van der Waals surface area contributed by atoms with E-state index >= 15 is 0 Å². The van der Waals surface area contributed by atoms with Crippen molar-refractivity contribution in [1.29, 1.82) is 0 Å². The normalized spacial score (nSPS) is 12.2. The lowest BCUT2D eigenvalue weighted by atomic mass is 10.00. The fourth-order valence-electron chi connectivity index (χ4n) is 3.92. The summed E-state index contributed by atoms with van der Waals surface area (Å²) in [6.45, 7) is 2.13.